The molecule has 0 saturated heterocycles. The molecule has 0 bridgehead atoms. The van der Waals surface area contributed by atoms with E-state index >= 15 is 0 Å². The first-order valence-electron chi connectivity index (χ1n) is 16.1. The number of fused-ring (bicyclic) bond motifs is 1. The summed E-state index contributed by atoms with van der Waals surface area (Å²) in [5, 5.41) is 4.56. The molecule has 0 spiro atoms. The number of nitrogens with two attached hydrogens (primary N) is 1. The number of carbonyl (C=O) groups is 1. The van der Waals surface area contributed by atoms with Crippen LogP contribution in [-0.4, -0.2) is 27.5 Å². The van der Waals surface area contributed by atoms with Gasteiger partial charge in [-0.1, -0.05) is 78.9 Å². The summed E-state index contributed by atoms with van der Waals surface area (Å²) in [5.41, 5.74) is 9.68. The minimum absolute atomic E-state index is 0.119. The molecule has 0 atom stereocenters. The Bertz CT molecular complexity index is 2160. The van der Waals surface area contributed by atoms with Gasteiger partial charge in [0, 0.05) is 17.9 Å². The topological polar surface area (TPSA) is 129 Å². The normalized spacial score (nSPS) is 11.1. The summed E-state index contributed by atoms with van der Waals surface area (Å²) in [4.78, 5) is 12.7. The molecule has 6 rings (SSSR count). The van der Waals surface area contributed by atoms with Crippen LogP contribution in [0, 0.1) is 0 Å². The molecule has 0 aromatic heterocycles. The number of amides is 1. The van der Waals surface area contributed by atoms with E-state index < -0.39 is 10.0 Å². The van der Waals surface area contributed by atoms with Gasteiger partial charge in [-0.05, 0) is 94.5 Å². The van der Waals surface area contributed by atoms with Crippen LogP contribution in [0.15, 0.2) is 144 Å². The number of hydrogen-bond acceptors (Lipinski definition) is 7. The molecule has 0 fully saturated rings. The zero-order valence-electron chi connectivity index (χ0n) is 27.2. The van der Waals surface area contributed by atoms with E-state index in [0.29, 0.717) is 54.8 Å². The highest BCUT2D eigenvalue weighted by Crippen LogP contribution is 2.31. The van der Waals surface area contributed by atoms with Crippen LogP contribution in [0.1, 0.15) is 16.7 Å². The second-order valence-electron chi connectivity index (χ2n) is 11.6. The minimum atomic E-state index is -3.77. The Hall–Kier alpha value is -6.00. The van der Waals surface area contributed by atoms with Crippen molar-refractivity contribution in [1.29, 1.82) is 0 Å². The van der Waals surface area contributed by atoms with Gasteiger partial charge in [-0.15, -0.1) is 0 Å². The van der Waals surface area contributed by atoms with Crippen LogP contribution in [0.4, 0.5) is 11.4 Å². The number of ether oxygens (including phenoxy) is 3. The van der Waals surface area contributed by atoms with Gasteiger partial charge < -0.3 is 25.3 Å². The average molecular weight is 688 g/mol. The average Bonchev–Trinajstić information content (AvgIpc) is 3.13. The highest BCUT2D eigenvalue weighted by Gasteiger charge is 2.15. The molecule has 0 unspecified atom stereocenters. The largest absolute Gasteiger partial charge is 0.485 e. The Balaban J connectivity index is 1.01. The van der Waals surface area contributed by atoms with Gasteiger partial charge in [0.2, 0.25) is 0 Å². The molecule has 0 radical (unpaired) electrons. The van der Waals surface area contributed by atoms with Gasteiger partial charge in [0.05, 0.1) is 4.90 Å². The Labute approximate surface area is 291 Å². The fraction of sp³-hybridized carbons (Fsp3) is 0.125. The van der Waals surface area contributed by atoms with Crippen molar-refractivity contribution in [2.24, 2.45) is 0 Å². The molecular weight excluding hydrogens is 651 g/mol. The van der Waals surface area contributed by atoms with Crippen LogP contribution < -0.4 is 30.0 Å². The maximum atomic E-state index is 12.8. The summed E-state index contributed by atoms with van der Waals surface area (Å²) in [7, 11) is -3.77. The number of nitrogen functional groups attached to an aromatic ring is 1. The fourth-order valence-corrected chi connectivity index (χ4v) is 6.24. The molecular formula is C40H37N3O6S. The van der Waals surface area contributed by atoms with Crippen molar-refractivity contribution in [3.63, 3.8) is 0 Å². The molecule has 0 heterocycles. The summed E-state index contributed by atoms with van der Waals surface area (Å²) in [6.45, 7) is 1.09. The third kappa shape index (κ3) is 9.33. The molecule has 6 aromatic carbocycles. The molecule has 0 aliphatic heterocycles. The van der Waals surface area contributed by atoms with Crippen molar-refractivity contribution in [2.45, 2.75) is 24.5 Å². The summed E-state index contributed by atoms with van der Waals surface area (Å²) in [5.74, 6) is 1.56. The van der Waals surface area contributed by atoms with Crippen LogP contribution in [0.25, 0.3) is 10.8 Å². The van der Waals surface area contributed by atoms with Crippen molar-refractivity contribution >= 4 is 38.1 Å². The van der Waals surface area contributed by atoms with Gasteiger partial charge in [-0.3, -0.25) is 9.52 Å². The second kappa shape index (κ2) is 15.9. The highest BCUT2D eigenvalue weighted by molar-refractivity contribution is 7.92. The van der Waals surface area contributed by atoms with Crippen LogP contribution >= 0.6 is 0 Å². The van der Waals surface area contributed by atoms with Crippen molar-refractivity contribution < 1.29 is 27.4 Å². The molecule has 0 aliphatic carbocycles. The Morgan fingerprint density at radius 3 is 1.96 bits per heavy atom. The third-order valence-corrected chi connectivity index (χ3v) is 9.24. The van der Waals surface area contributed by atoms with Gasteiger partial charge in [0.1, 0.15) is 19.0 Å². The molecule has 254 valence electrons. The van der Waals surface area contributed by atoms with E-state index in [1.807, 2.05) is 84.9 Å². The lowest BCUT2D eigenvalue weighted by Crippen LogP contribution is -2.30. The maximum absolute atomic E-state index is 12.8. The van der Waals surface area contributed by atoms with E-state index in [-0.39, 0.29) is 17.4 Å². The summed E-state index contributed by atoms with van der Waals surface area (Å²) < 4.78 is 46.2. The molecule has 1 amide bonds. The van der Waals surface area contributed by atoms with Gasteiger partial charge >= 0.3 is 0 Å². The molecule has 0 saturated carbocycles. The minimum Gasteiger partial charge on any atom is -0.485 e. The van der Waals surface area contributed by atoms with Gasteiger partial charge in [-0.25, -0.2) is 8.42 Å². The zero-order valence-corrected chi connectivity index (χ0v) is 28.1. The van der Waals surface area contributed by atoms with Crippen LogP contribution in [0.2, 0.25) is 0 Å². The molecule has 9 nitrogen and oxygen atoms in total. The van der Waals surface area contributed by atoms with Crippen molar-refractivity contribution in [2.75, 3.05) is 23.6 Å². The number of rotatable bonds is 15. The maximum Gasteiger partial charge on any atom is 0.261 e. The molecule has 10 heteroatoms. The Morgan fingerprint density at radius 1 is 0.620 bits per heavy atom. The number of hydrogen-bond donors (Lipinski definition) is 3. The fourth-order valence-electron chi connectivity index (χ4n) is 5.19. The highest BCUT2D eigenvalue weighted by atomic mass is 32.2. The Morgan fingerprint density at radius 2 is 1.26 bits per heavy atom. The predicted molar refractivity (Wildman–Crippen MR) is 196 cm³/mol. The number of anilines is 2. The molecule has 6 aromatic rings. The molecule has 0 aliphatic rings. The zero-order chi connectivity index (χ0) is 34.8. The molecule has 50 heavy (non-hydrogen) atoms. The van der Waals surface area contributed by atoms with E-state index in [2.05, 4.69) is 10.0 Å². The lowest BCUT2D eigenvalue weighted by atomic mass is 10.1. The quantitative estimate of drug-likeness (QED) is 0.0981. The predicted octanol–water partition coefficient (Wildman–Crippen LogP) is 7.12. The third-order valence-electron chi connectivity index (χ3n) is 7.84. The first kappa shape index (κ1) is 33.9. The van der Waals surface area contributed by atoms with E-state index in [4.69, 9.17) is 19.9 Å². The van der Waals surface area contributed by atoms with Gasteiger partial charge in [-0.2, -0.15) is 0 Å². The Kier molecular flexibility index (Phi) is 10.8. The van der Waals surface area contributed by atoms with Crippen molar-refractivity contribution in [3.8, 4) is 17.2 Å². The summed E-state index contributed by atoms with van der Waals surface area (Å²) in [6.07, 6.45) is 0.590. The van der Waals surface area contributed by atoms with E-state index in [1.165, 1.54) is 24.3 Å². The van der Waals surface area contributed by atoms with E-state index in [0.717, 1.165) is 27.5 Å². The first-order valence-corrected chi connectivity index (χ1v) is 17.6. The van der Waals surface area contributed by atoms with Crippen molar-refractivity contribution in [3.05, 3.63) is 156 Å². The number of carbonyl (C=O) groups excluding carboxylic acids is 1. The van der Waals surface area contributed by atoms with Gasteiger partial charge in [0.25, 0.3) is 15.9 Å². The number of nitrogens with one attached hydrogen (secondary N) is 2. The number of sulfonamides is 1. The standard InChI is InChI=1S/C40H37N3O6S/c41-34-14-18-37(19-15-34)50(45,46)43-35-16-12-33-25-36(17-13-32(33)24-35)47-28-40(44)42-22-21-29-11-20-38(48-26-30-7-3-1-4-8-30)39(23-29)49-27-31-9-5-2-6-10-31/h1-20,23-25,43H,21-22,26-28,41H2,(H,42,44). The van der Waals surface area contributed by atoms with Crippen LogP contribution in [0.3, 0.4) is 0 Å². The lowest BCUT2D eigenvalue weighted by Gasteiger charge is -2.15. The second-order valence-corrected chi connectivity index (χ2v) is 13.3. The molecule has 4 N–H and O–H groups in total. The number of benzene rings is 6. The lowest BCUT2D eigenvalue weighted by molar-refractivity contribution is -0.123. The van der Waals surface area contributed by atoms with Crippen LogP contribution in [-0.2, 0) is 34.5 Å². The van der Waals surface area contributed by atoms with Gasteiger partial charge in [0.15, 0.2) is 18.1 Å². The van der Waals surface area contributed by atoms with E-state index in [1.54, 1.807) is 30.3 Å². The van der Waals surface area contributed by atoms with Crippen molar-refractivity contribution in [1.82, 2.24) is 5.32 Å². The summed E-state index contributed by atoms with van der Waals surface area (Å²) >= 11 is 0. The first-order chi connectivity index (χ1) is 24.3. The smallest absolute Gasteiger partial charge is 0.261 e. The summed E-state index contributed by atoms with van der Waals surface area (Å²) in [6, 6.07) is 42.3. The monoisotopic (exact) mass is 687 g/mol. The SMILES string of the molecule is Nc1ccc(S(=O)(=O)Nc2ccc3cc(OCC(=O)NCCc4ccc(OCc5ccccc5)c(OCc5ccccc5)c4)ccc3c2)cc1. The van der Waals surface area contributed by atoms with Crippen LogP contribution in [0.5, 0.6) is 17.2 Å². The van der Waals surface area contributed by atoms with E-state index in [9.17, 15) is 13.2 Å².